The van der Waals surface area contributed by atoms with Crippen LogP contribution in [-0.4, -0.2) is 4.98 Å². The van der Waals surface area contributed by atoms with Gasteiger partial charge in [0.15, 0.2) is 0 Å². The van der Waals surface area contributed by atoms with Gasteiger partial charge < -0.3 is 12.4 Å². The van der Waals surface area contributed by atoms with Gasteiger partial charge in [-0.2, -0.15) is 0 Å². The topological polar surface area (TPSA) is 12.9 Å². The molecular weight excluding hydrogens is 365 g/mol. The van der Waals surface area contributed by atoms with Crippen molar-refractivity contribution in [3.8, 4) is 0 Å². The Kier molecular flexibility index (Phi) is 11.0. The molecule has 19 heavy (non-hydrogen) atoms. The average molecular weight is 382 g/mol. The molecular formula is C15H17ClNRhS-. The zero-order chi connectivity index (χ0) is 11.8. The molecule has 0 aliphatic heterocycles. The van der Waals surface area contributed by atoms with Gasteiger partial charge >= 0.3 is 0 Å². The third-order valence-corrected chi connectivity index (χ3v) is 3.38. The minimum atomic E-state index is 0. The number of fused-ring (bicyclic) bond motifs is 1. The standard InChI is InChI=1S/C8H12.C7H5NS.ClH.Rh/c1-2-4-6-8-7-5-3-1;1-2-4-7-6(3-1)8-5-9-7;;/h1-2,7-8H,3-6H2;1-5H;1H;/p-1/b2-1-,8-7-;;;. The summed E-state index contributed by atoms with van der Waals surface area (Å²) in [5, 5.41) is 0. The van der Waals surface area contributed by atoms with E-state index in [0.29, 0.717) is 0 Å². The maximum Gasteiger partial charge on any atom is 0.0812 e. The molecule has 1 aromatic heterocycles. The number of halogens is 1. The van der Waals surface area contributed by atoms with E-state index in [4.69, 9.17) is 0 Å². The molecule has 0 atom stereocenters. The largest absolute Gasteiger partial charge is 1.00 e. The first kappa shape index (κ1) is 18.5. The molecule has 0 saturated carbocycles. The monoisotopic (exact) mass is 381 g/mol. The molecule has 0 fully saturated rings. The Balaban J connectivity index is 0.000000311. The average Bonchev–Trinajstić information content (AvgIpc) is 2.76. The van der Waals surface area contributed by atoms with Crippen LogP contribution >= 0.6 is 11.3 Å². The molecule has 0 bridgehead atoms. The number of aromatic nitrogens is 1. The summed E-state index contributed by atoms with van der Waals surface area (Å²) in [4.78, 5) is 4.14. The van der Waals surface area contributed by atoms with Crippen molar-refractivity contribution in [3.05, 3.63) is 54.1 Å². The van der Waals surface area contributed by atoms with Gasteiger partial charge in [0.2, 0.25) is 0 Å². The van der Waals surface area contributed by atoms with Crippen LogP contribution in [0.2, 0.25) is 0 Å². The number of para-hydroxylation sites is 1. The maximum atomic E-state index is 4.14. The van der Waals surface area contributed by atoms with Crippen molar-refractivity contribution in [1.82, 2.24) is 4.98 Å². The fourth-order valence-corrected chi connectivity index (χ4v) is 2.34. The van der Waals surface area contributed by atoms with Crippen molar-refractivity contribution in [3.63, 3.8) is 0 Å². The van der Waals surface area contributed by atoms with E-state index in [1.807, 2.05) is 23.7 Å². The van der Waals surface area contributed by atoms with Gasteiger partial charge in [-0.15, -0.1) is 11.3 Å². The predicted molar refractivity (Wildman–Crippen MR) is 76.4 cm³/mol. The van der Waals surface area contributed by atoms with Crippen LogP contribution in [0.25, 0.3) is 10.2 Å². The minimum absolute atomic E-state index is 0. The molecule has 0 spiro atoms. The molecule has 4 heteroatoms. The molecule has 0 N–H and O–H groups in total. The first-order valence-corrected chi connectivity index (χ1v) is 6.93. The summed E-state index contributed by atoms with van der Waals surface area (Å²) in [6.45, 7) is 0. The van der Waals surface area contributed by atoms with E-state index in [9.17, 15) is 0 Å². The fourth-order valence-electron chi connectivity index (χ4n) is 1.66. The SMILES string of the molecule is C1=C\CC/C=C\CC/1.[Cl-].[Rh].c1ccc2scnc2c1. The van der Waals surface area contributed by atoms with Crippen LogP contribution in [0.1, 0.15) is 25.7 Å². The third kappa shape index (κ3) is 7.01. The number of nitrogens with zero attached hydrogens (tertiary/aromatic N) is 1. The quantitative estimate of drug-likeness (QED) is 0.502. The Morgan fingerprint density at radius 3 is 1.89 bits per heavy atom. The van der Waals surface area contributed by atoms with E-state index in [2.05, 4.69) is 35.4 Å². The number of rotatable bonds is 0. The Morgan fingerprint density at radius 2 is 1.37 bits per heavy atom. The zero-order valence-electron chi connectivity index (χ0n) is 10.6. The zero-order valence-corrected chi connectivity index (χ0v) is 13.8. The van der Waals surface area contributed by atoms with E-state index in [1.165, 1.54) is 30.4 Å². The third-order valence-electron chi connectivity index (χ3n) is 2.57. The normalized spacial score (nSPS) is 16.6. The van der Waals surface area contributed by atoms with Crippen molar-refractivity contribution in [1.29, 1.82) is 0 Å². The molecule has 0 unspecified atom stereocenters. The second-order valence-electron chi connectivity index (χ2n) is 3.92. The molecule has 3 rings (SSSR count). The Bertz CT molecular complexity index is 451. The summed E-state index contributed by atoms with van der Waals surface area (Å²) >= 11 is 1.68. The molecule has 1 nitrogen and oxygen atoms in total. The van der Waals surface area contributed by atoms with Gasteiger partial charge in [-0.25, -0.2) is 4.98 Å². The van der Waals surface area contributed by atoms with Crippen LogP contribution in [0.3, 0.4) is 0 Å². The smallest absolute Gasteiger partial charge is 0.0812 e. The van der Waals surface area contributed by atoms with Gasteiger partial charge in [-0.05, 0) is 37.8 Å². The number of thiazole rings is 1. The van der Waals surface area contributed by atoms with Gasteiger partial charge in [-0.1, -0.05) is 36.4 Å². The van der Waals surface area contributed by atoms with Crippen molar-refractivity contribution in [2.45, 2.75) is 25.7 Å². The first-order chi connectivity index (χ1) is 8.47. The number of hydrogen-bond donors (Lipinski definition) is 0. The molecule has 2 aromatic rings. The molecule has 1 radical (unpaired) electrons. The van der Waals surface area contributed by atoms with E-state index in [1.54, 1.807) is 11.3 Å². The van der Waals surface area contributed by atoms with Crippen molar-refractivity contribution in [2.24, 2.45) is 0 Å². The van der Waals surface area contributed by atoms with Crippen LogP contribution in [0.4, 0.5) is 0 Å². The van der Waals surface area contributed by atoms with Crippen LogP contribution in [0.5, 0.6) is 0 Å². The van der Waals surface area contributed by atoms with Crippen molar-refractivity contribution >= 4 is 21.6 Å². The van der Waals surface area contributed by atoms with E-state index in [0.717, 1.165) is 5.52 Å². The Hall–Kier alpha value is -0.497. The summed E-state index contributed by atoms with van der Waals surface area (Å²) < 4.78 is 1.26. The van der Waals surface area contributed by atoms with Crippen molar-refractivity contribution in [2.75, 3.05) is 0 Å². The number of hydrogen-bond acceptors (Lipinski definition) is 2. The summed E-state index contributed by atoms with van der Waals surface area (Å²) in [5.41, 5.74) is 2.97. The van der Waals surface area contributed by atoms with E-state index >= 15 is 0 Å². The van der Waals surface area contributed by atoms with Crippen LogP contribution in [0, 0.1) is 0 Å². The molecule has 105 valence electrons. The molecule has 1 aliphatic rings. The van der Waals surface area contributed by atoms with Crippen LogP contribution in [-0.2, 0) is 19.5 Å². The van der Waals surface area contributed by atoms with Crippen LogP contribution in [0.15, 0.2) is 54.1 Å². The second-order valence-corrected chi connectivity index (χ2v) is 4.80. The minimum Gasteiger partial charge on any atom is -1.00 e. The number of benzene rings is 1. The van der Waals surface area contributed by atoms with Gasteiger partial charge in [0.25, 0.3) is 0 Å². The molecule has 0 saturated heterocycles. The van der Waals surface area contributed by atoms with Gasteiger partial charge in [-0.3, -0.25) is 0 Å². The Labute approximate surface area is 138 Å². The predicted octanol–water partition coefficient (Wildman–Crippen LogP) is 1.97. The van der Waals surface area contributed by atoms with E-state index < -0.39 is 0 Å². The number of allylic oxidation sites excluding steroid dienone is 4. The van der Waals surface area contributed by atoms with Crippen molar-refractivity contribution < 1.29 is 31.9 Å². The van der Waals surface area contributed by atoms with Gasteiger partial charge in [0.05, 0.1) is 15.7 Å². The molecule has 1 aliphatic carbocycles. The van der Waals surface area contributed by atoms with E-state index in [-0.39, 0.29) is 31.9 Å². The van der Waals surface area contributed by atoms with Crippen LogP contribution < -0.4 is 12.4 Å². The van der Waals surface area contributed by atoms with Gasteiger partial charge in [0, 0.05) is 19.5 Å². The molecule has 1 aromatic carbocycles. The summed E-state index contributed by atoms with van der Waals surface area (Å²) in [6, 6.07) is 8.13. The Morgan fingerprint density at radius 1 is 0.842 bits per heavy atom. The molecule has 1 heterocycles. The maximum absolute atomic E-state index is 4.14. The second kappa shape index (κ2) is 11.3. The summed E-state index contributed by atoms with van der Waals surface area (Å²) in [6.07, 6.45) is 14.0. The summed E-state index contributed by atoms with van der Waals surface area (Å²) in [7, 11) is 0. The fraction of sp³-hybridized carbons (Fsp3) is 0.267. The molecule has 0 amide bonds. The first-order valence-electron chi connectivity index (χ1n) is 6.05. The van der Waals surface area contributed by atoms with Gasteiger partial charge in [0.1, 0.15) is 0 Å². The summed E-state index contributed by atoms with van der Waals surface area (Å²) in [5.74, 6) is 0.